The minimum absolute atomic E-state index is 0.00510. The highest BCUT2D eigenvalue weighted by Gasteiger charge is 2.31. The van der Waals surface area contributed by atoms with Crippen LogP contribution >= 0.6 is 0 Å². The highest BCUT2D eigenvalue weighted by molar-refractivity contribution is 5.96. The molecule has 4 unspecified atom stereocenters. The van der Waals surface area contributed by atoms with Crippen LogP contribution in [0.15, 0.2) is 4.99 Å². The number of carboxylic acid groups (broad SMARTS) is 1. The monoisotopic (exact) mass is 514 g/mol. The first-order chi connectivity index (χ1) is 16.6. The van der Waals surface area contributed by atoms with E-state index >= 15 is 0 Å². The van der Waals surface area contributed by atoms with E-state index in [4.69, 9.17) is 22.9 Å². The van der Waals surface area contributed by atoms with Crippen LogP contribution in [0.5, 0.6) is 0 Å². The predicted molar refractivity (Wildman–Crippen MR) is 134 cm³/mol. The normalized spacial score (nSPS) is 14.3. The van der Waals surface area contributed by atoms with Gasteiger partial charge in [0.05, 0.1) is 12.5 Å². The number of carboxylic acids is 1. The van der Waals surface area contributed by atoms with Gasteiger partial charge < -0.3 is 44.0 Å². The number of nitrogens with two attached hydrogens (primary N) is 4. The molecule has 0 radical (unpaired) electrons. The Labute approximate surface area is 211 Å². The lowest BCUT2D eigenvalue weighted by atomic mass is 10.00. The van der Waals surface area contributed by atoms with Crippen molar-refractivity contribution in [2.24, 2.45) is 39.8 Å². The van der Waals surface area contributed by atoms with Crippen LogP contribution in [0.1, 0.15) is 59.8 Å². The molecule has 0 aliphatic rings. The minimum atomic E-state index is -1.45. The van der Waals surface area contributed by atoms with Gasteiger partial charge in [-0.25, -0.2) is 4.79 Å². The predicted octanol–water partition coefficient (Wildman–Crippen LogP) is -2.13. The third kappa shape index (κ3) is 14.1. The van der Waals surface area contributed by atoms with E-state index in [9.17, 15) is 29.1 Å². The maximum Gasteiger partial charge on any atom is 0.326 e. The SMILES string of the molecule is CC(C)CC(N)C(=O)NC(CC(C)C)C(=O)NC(CC(N)=O)C(=O)NC(CCCN=C(N)N)C(=O)O. The van der Waals surface area contributed by atoms with Gasteiger partial charge in [-0.05, 0) is 37.5 Å². The van der Waals surface area contributed by atoms with Gasteiger partial charge in [0.1, 0.15) is 18.1 Å². The Morgan fingerprint density at radius 2 is 1.28 bits per heavy atom. The summed E-state index contributed by atoms with van der Waals surface area (Å²) in [6.45, 7) is 7.65. The smallest absolute Gasteiger partial charge is 0.326 e. The Bertz CT molecular complexity index is 797. The van der Waals surface area contributed by atoms with Crippen LogP contribution in [-0.2, 0) is 24.0 Å². The number of carbonyl (C=O) groups excluding carboxylic acids is 4. The molecule has 0 fully saturated rings. The second-order valence-electron chi connectivity index (χ2n) is 9.51. The first kappa shape index (κ1) is 32.6. The van der Waals surface area contributed by atoms with Crippen molar-refractivity contribution in [3.05, 3.63) is 0 Å². The number of guanidine groups is 1. The van der Waals surface area contributed by atoms with Gasteiger partial charge in [0, 0.05) is 6.54 Å². The molecule has 0 spiro atoms. The quantitative estimate of drug-likeness (QED) is 0.0598. The third-order valence-corrected chi connectivity index (χ3v) is 5.00. The fourth-order valence-electron chi connectivity index (χ4n) is 3.31. The van der Waals surface area contributed by atoms with E-state index in [1.165, 1.54) is 0 Å². The number of amides is 4. The van der Waals surface area contributed by atoms with Gasteiger partial charge in [0.15, 0.2) is 5.96 Å². The molecule has 12 N–H and O–H groups in total. The number of primary amides is 1. The highest BCUT2D eigenvalue weighted by Crippen LogP contribution is 2.09. The molecule has 0 saturated carbocycles. The molecule has 4 atom stereocenters. The van der Waals surface area contributed by atoms with Crippen LogP contribution in [0.25, 0.3) is 0 Å². The standard InChI is InChI=1S/C22H42N8O6/c1-11(2)8-13(23)18(32)29-15(9-12(3)4)19(33)30-16(10-17(24)31)20(34)28-14(21(35)36)6-5-7-27-22(25)26/h11-16H,5-10,23H2,1-4H3,(H2,24,31)(H,28,34)(H,29,32)(H,30,33)(H,35,36)(H4,25,26,27). The maximum absolute atomic E-state index is 13.0. The summed E-state index contributed by atoms with van der Waals surface area (Å²) < 4.78 is 0. The van der Waals surface area contributed by atoms with Crippen molar-refractivity contribution < 1.29 is 29.1 Å². The van der Waals surface area contributed by atoms with Crippen molar-refractivity contribution in [2.75, 3.05) is 6.54 Å². The second-order valence-corrected chi connectivity index (χ2v) is 9.51. The summed E-state index contributed by atoms with van der Waals surface area (Å²) in [5, 5.41) is 16.7. The molecular formula is C22H42N8O6. The molecule has 0 aliphatic heterocycles. The van der Waals surface area contributed by atoms with Gasteiger partial charge in [-0.15, -0.1) is 0 Å². The fourth-order valence-corrected chi connectivity index (χ4v) is 3.31. The molecule has 0 heterocycles. The van der Waals surface area contributed by atoms with E-state index in [1.807, 2.05) is 27.7 Å². The molecule has 0 aromatic rings. The van der Waals surface area contributed by atoms with E-state index in [0.29, 0.717) is 6.42 Å². The summed E-state index contributed by atoms with van der Waals surface area (Å²) in [6.07, 6.45) is 0.316. The molecular weight excluding hydrogens is 472 g/mol. The second kappa shape index (κ2) is 16.3. The minimum Gasteiger partial charge on any atom is -0.480 e. The molecule has 0 aliphatic carbocycles. The lowest BCUT2D eigenvalue weighted by Crippen LogP contribution is -2.58. The molecule has 0 saturated heterocycles. The Hall–Kier alpha value is -3.42. The zero-order valence-electron chi connectivity index (χ0n) is 21.5. The molecule has 14 nitrogen and oxygen atoms in total. The van der Waals surface area contributed by atoms with E-state index in [0.717, 1.165) is 0 Å². The van der Waals surface area contributed by atoms with Gasteiger partial charge in [-0.1, -0.05) is 27.7 Å². The van der Waals surface area contributed by atoms with Crippen molar-refractivity contribution >= 4 is 35.6 Å². The summed E-state index contributed by atoms with van der Waals surface area (Å²) in [6, 6.07) is -4.63. The van der Waals surface area contributed by atoms with Crippen LogP contribution in [0.2, 0.25) is 0 Å². The van der Waals surface area contributed by atoms with E-state index in [2.05, 4.69) is 20.9 Å². The Morgan fingerprint density at radius 3 is 1.75 bits per heavy atom. The van der Waals surface area contributed by atoms with Gasteiger partial charge in [0.2, 0.25) is 23.6 Å². The molecule has 4 amide bonds. The zero-order valence-corrected chi connectivity index (χ0v) is 21.5. The number of rotatable bonds is 17. The topological polar surface area (TPSA) is 258 Å². The molecule has 206 valence electrons. The largest absolute Gasteiger partial charge is 0.480 e. The van der Waals surface area contributed by atoms with Gasteiger partial charge in [-0.3, -0.25) is 24.2 Å². The summed E-state index contributed by atoms with van der Waals surface area (Å²) in [7, 11) is 0. The first-order valence-corrected chi connectivity index (χ1v) is 11.9. The number of aliphatic carboxylic acids is 1. The Morgan fingerprint density at radius 1 is 0.778 bits per heavy atom. The number of nitrogens with one attached hydrogen (secondary N) is 3. The van der Waals surface area contributed by atoms with Crippen LogP contribution in [0, 0.1) is 11.8 Å². The van der Waals surface area contributed by atoms with Crippen LogP contribution in [0.4, 0.5) is 0 Å². The molecule has 0 aromatic heterocycles. The van der Waals surface area contributed by atoms with E-state index < -0.39 is 60.2 Å². The molecule has 0 rings (SSSR count). The molecule has 0 bridgehead atoms. The van der Waals surface area contributed by atoms with Gasteiger partial charge in [-0.2, -0.15) is 0 Å². The number of hydrogen-bond acceptors (Lipinski definition) is 7. The molecule has 36 heavy (non-hydrogen) atoms. The zero-order chi connectivity index (χ0) is 28.0. The highest BCUT2D eigenvalue weighted by atomic mass is 16.4. The van der Waals surface area contributed by atoms with Crippen LogP contribution in [-0.4, -0.2) is 71.4 Å². The fraction of sp³-hybridized carbons (Fsp3) is 0.727. The number of hydrogen-bond donors (Lipinski definition) is 8. The average molecular weight is 515 g/mol. The van der Waals surface area contributed by atoms with E-state index in [-0.39, 0.29) is 43.6 Å². The summed E-state index contributed by atoms with van der Waals surface area (Å²) in [5.41, 5.74) is 21.6. The summed E-state index contributed by atoms with van der Waals surface area (Å²) in [5.74, 6) is -4.37. The van der Waals surface area contributed by atoms with Crippen LogP contribution < -0.4 is 38.9 Å². The van der Waals surface area contributed by atoms with E-state index in [1.54, 1.807) is 0 Å². The van der Waals surface area contributed by atoms with Crippen LogP contribution in [0.3, 0.4) is 0 Å². The van der Waals surface area contributed by atoms with Crippen molar-refractivity contribution in [1.82, 2.24) is 16.0 Å². The Kier molecular flexibility index (Phi) is 14.7. The first-order valence-electron chi connectivity index (χ1n) is 11.9. The third-order valence-electron chi connectivity index (χ3n) is 5.00. The number of aliphatic imine (C=N–C) groups is 1. The maximum atomic E-state index is 13.0. The van der Waals surface area contributed by atoms with Crippen molar-refractivity contribution in [3.8, 4) is 0 Å². The van der Waals surface area contributed by atoms with Crippen molar-refractivity contribution in [3.63, 3.8) is 0 Å². The van der Waals surface area contributed by atoms with Crippen molar-refractivity contribution in [2.45, 2.75) is 84.0 Å². The lowest BCUT2D eigenvalue weighted by molar-refractivity contribution is -0.142. The number of carbonyl (C=O) groups is 5. The average Bonchev–Trinajstić information content (AvgIpc) is 2.73. The molecule has 0 aromatic carbocycles. The van der Waals surface area contributed by atoms with Gasteiger partial charge >= 0.3 is 5.97 Å². The summed E-state index contributed by atoms with van der Waals surface area (Å²) >= 11 is 0. The summed E-state index contributed by atoms with van der Waals surface area (Å²) in [4.78, 5) is 65.2. The molecule has 14 heteroatoms. The van der Waals surface area contributed by atoms with Crippen molar-refractivity contribution in [1.29, 1.82) is 0 Å². The lowest BCUT2D eigenvalue weighted by Gasteiger charge is -2.26. The Balaban J connectivity index is 5.48. The number of nitrogens with zero attached hydrogens (tertiary/aromatic N) is 1. The van der Waals surface area contributed by atoms with Gasteiger partial charge in [0.25, 0.3) is 0 Å².